The molecule has 2 unspecified atom stereocenters. The molecule has 2 atom stereocenters. The van der Waals surface area contributed by atoms with E-state index < -0.39 is 0 Å². The van der Waals surface area contributed by atoms with Crippen LogP contribution in [0, 0.1) is 17.2 Å². The molecule has 0 aliphatic rings. The van der Waals surface area contributed by atoms with Gasteiger partial charge in [-0.2, -0.15) is 0 Å². The van der Waals surface area contributed by atoms with Crippen LogP contribution < -0.4 is 0 Å². The number of hydrogen-bond acceptors (Lipinski definition) is 2. The lowest BCUT2D eigenvalue weighted by atomic mass is 9.92. The number of nitrogens with one attached hydrogen (secondary N) is 1. The van der Waals surface area contributed by atoms with Crippen LogP contribution in [-0.2, 0) is 4.74 Å². The first-order valence-electron chi connectivity index (χ1n) is 4.28. The third-order valence-electron chi connectivity index (χ3n) is 1.98. The number of ether oxygens (including phenoxy) is 1. The number of allylic oxidation sites excluding steroid dienone is 4. The minimum atomic E-state index is -0.223. The Labute approximate surface area is 90.4 Å². The van der Waals surface area contributed by atoms with Gasteiger partial charge in [-0.15, -0.1) is 13.2 Å². The van der Waals surface area contributed by atoms with Crippen molar-refractivity contribution in [1.29, 1.82) is 5.41 Å². The van der Waals surface area contributed by atoms with Crippen LogP contribution in [0.15, 0.2) is 37.1 Å². The van der Waals surface area contributed by atoms with Crippen molar-refractivity contribution in [3.63, 3.8) is 0 Å². The molecular formula is C11H16ClNO. The van der Waals surface area contributed by atoms with Gasteiger partial charge in [-0.1, -0.05) is 23.8 Å². The lowest BCUT2D eigenvalue weighted by Gasteiger charge is -2.16. The van der Waals surface area contributed by atoms with E-state index >= 15 is 0 Å². The van der Waals surface area contributed by atoms with Gasteiger partial charge < -0.3 is 4.74 Å². The molecule has 2 nitrogen and oxygen atoms in total. The fraction of sp³-hybridized carbons (Fsp3) is 0.364. The molecule has 0 saturated carbocycles. The summed E-state index contributed by atoms with van der Waals surface area (Å²) in [6.07, 6.45) is 5.24. The average Bonchev–Trinajstić information content (AvgIpc) is 2.16. The van der Waals surface area contributed by atoms with E-state index in [-0.39, 0.29) is 17.0 Å². The van der Waals surface area contributed by atoms with E-state index in [4.69, 9.17) is 21.7 Å². The first-order chi connectivity index (χ1) is 6.56. The minimum Gasteiger partial charge on any atom is -0.502 e. The molecule has 0 aliphatic carbocycles. The summed E-state index contributed by atoms with van der Waals surface area (Å²) in [5, 5.41) is 7.42. The van der Waals surface area contributed by atoms with Crippen LogP contribution in [0.5, 0.6) is 0 Å². The SMILES string of the molecule is C=CC(/C=C(\C)OC)C(C=C)C(=N)Cl. The van der Waals surface area contributed by atoms with Gasteiger partial charge in [0.05, 0.1) is 12.9 Å². The number of halogens is 1. The number of rotatable bonds is 6. The Kier molecular flexibility index (Phi) is 5.97. The molecule has 0 rings (SSSR count). The highest BCUT2D eigenvalue weighted by atomic mass is 35.5. The van der Waals surface area contributed by atoms with Gasteiger partial charge >= 0.3 is 0 Å². The molecular weight excluding hydrogens is 198 g/mol. The Morgan fingerprint density at radius 2 is 2.00 bits per heavy atom. The van der Waals surface area contributed by atoms with Crippen LogP contribution >= 0.6 is 11.6 Å². The number of methoxy groups -OCH3 is 1. The van der Waals surface area contributed by atoms with E-state index in [0.717, 1.165) is 5.76 Å². The molecule has 0 aromatic heterocycles. The molecule has 78 valence electrons. The van der Waals surface area contributed by atoms with Gasteiger partial charge in [0, 0.05) is 11.8 Å². The van der Waals surface area contributed by atoms with Crippen molar-refractivity contribution in [3.8, 4) is 0 Å². The quantitative estimate of drug-likeness (QED) is 0.410. The molecule has 14 heavy (non-hydrogen) atoms. The lowest BCUT2D eigenvalue weighted by Crippen LogP contribution is -2.14. The van der Waals surface area contributed by atoms with Gasteiger partial charge in [0.25, 0.3) is 0 Å². The van der Waals surface area contributed by atoms with E-state index in [1.807, 2.05) is 13.0 Å². The predicted molar refractivity (Wildman–Crippen MR) is 61.7 cm³/mol. The molecule has 0 bridgehead atoms. The van der Waals surface area contributed by atoms with Crippen molar-refractivity contribution < 1.29 is 4.74 Å². The first kappa shape index (κ1) is 13.0. The minimum absolute atomic E-state index is 0.0440. The molecule has 0 amide bonds. The second kappa shape index (κ2) is 6.44. The third kappa shape index (κ3) is 3.79. The van der Waals surface area contributed by atoms with Gasteiger partial charge in [-0.3, -0.25) is 5.41 Å². The summed E-state index contributed by atoms with van der Waals surface area (Å²) in [6, 6.07) is 0. The summed E-state index contributed by atoms with van der Waals surface area (Å²) in [4.78, 5) is 0. The van der Waals surface area contributed by atoms with Crippen molar-refractivity contribution in [2.75, 3.05) is 7.11 Å². The van der Waals surface area contributed by atoms with Crippen LogP contribution in [-0.4, -0.2) is 12.3 Å². The monoisotopic (exact) mass is 213 g/mol. The van der Waals surface area contributed by atoms with E-state index in [2.05, 4.69) is 13.2 Å². The summed E-state index contributed by atoms with van der Waals surface area (Å²) in [7, 11) is 1.60. The zero-order chi connectivity index (χ0) is 11.1. The molecule has 0 aromatic carbocycles. The van der Waals surface area contributed by atoms with E-state index in [9.17, 15) is 0 Å². The predicted octanol–water partition coefficient (Wildman–Crippen LogP) is 3.36. The summed E-state index contributed by atoms with van der Waals surface area (Å²) in [5.74, 6) is 0.511. The van der Waals surface area contributed by atoms with E-state index in [0.29, 0.717) is 0 Å². The molecule has 3 heteroatoms. The summed E-state index contributed by atoms with van der Waals surface area (Å²) < 4.78 is 5.02. The third-order valence-corrected chi connectivity index (χ3v) is 2.23. The van der Waals surface area contributed by atoms with Crippen molar-refractivity contribution in [1.82, 2.24) is 0 Å². The maximum absolute atomic E-state index is 7.36. The van der Waals surface area contributed by atoms with Gasteiger partial charge in [0.1, 0.15) is 5.17 Å². The maximum Gasteiger partial charge on any atom is 0.105 e. The second-order valence-electron chi connectivity index (χ2n) is 2.90. The van der Waals surface area contributed by atoms with E-state index in [1.165, 1.54) is 0 Å². The Morgan fingerprint density at radius 3 is 2.29 bits per heavy atom. The summed E-state index contributed by atoms with van der Waals surface area (Å²) in [6.45, 7) is 9.18. The standard InChI is InChI=1S/C11H16ClNO/c1-5-9(7-8(3)14-4)10(6-2)11(12)13/h5-7,9-10,13H,1-2H2,3-4H3/b8-7+,13-11?. The van der Waals surface area contributed by atoms with Crippen LogP contribution in [0.4, 0.5) is 0 Å². The Balaban J connectivity index is 4.77. The fourth-order valence-electron chi connectivity index (χ4n) is 1.09. The van der Waals surface area contributed by atoms with Crippen molar-refractivity contribution >= 4 is 16.8 Å². The van der Waals surface area contributed by atoms with Gasteiger partial charge in [0.15, 0.2) is 0 Å². The van der Waals surface area contributed by atoms with Crippen LogP contribution in [0.2, 0.25) is 0 Å². The maximum atomic E-state index is 7.36. The highest BCUT2D eigenvalue weighted by Gasteiger charge is 2.17. The largest absolute Gasteiger partial charge is 0.502 e. The zero-order valence-electron chi connectivity index (χ0n) is 8.59. The first-order valence-corrected chi connectivity index (χ1v) is 4.66. The van der Waals surface area contributed by atoms with Gasteiger partial charge in [-0.25, -0.2) is 0 Å². The Hall–Kier alpha value is -1.02. The summed E-state index contributed by atoms with van der Waals surface area (Å²) in [5.41, 5.74) is 0. The van der Waals surface area contributed by atoms with Crippen molar-refractivity contribution in [2.24, 2.45) is 11.8 Å². The molecule has 0 heterocycles. The lowest BCUT2D eigenvalue weighted by molar-refractivity contribution is 0.289. The molecule has 0 spiro atoms. The highest BCUT2D eigenvalue weighted by Crippen LogP contribution is 2.20. The van der Waals surface area contributed by atoms with Crippen molar-refractivity contribution in [2.45, 2.75) is 6.92 Å². The number of hydrogen-bond donors (Lipinski definition) is 1. The van der Waals surface area contributed by atoms with Crippen molar-refractivity contribution in [3.05, 3.63) is 37.1 Å². The molecule has 0 fully saturated rings. The second-order valence-corrected chi connectivity index (χ2v) is 3.31. The summed E-state index contributed by atoms with van der Waals surface area (Å²) >= 11 is 5.64. The van der Waals surface area contributed by atoms with Crippen LogP contribution in [0.3, 0.4) is 0 Å². The fourth-order valence-corrected chi connectivity index (χ4v) is 1.32. The normalized spacial score (nSPS) is 15.5. The topological polar surface area (TPSA) is 33.1 Å². The molecule has 0 radical (unpaired) electrons. The zero-order valence-corrected chi connectivity index (χ0v) is 9.34. The average molecular weight is 214 g/mol. The molecule has 0 aliphatic heterocycles. The molecule has 0 aromatic rings. The highest BCUT2D eigenvalue weighted by molar-refractivity contribution is 6.65. The Morgan fingerprint density at radius 1 is 1.43 bits per heavy atom. The van der Waals surface area contributed by atoms with Gasteiger partial charge in [-0.05, 0) is 13.0 Å². The molecule has 0 saturated heterocycles. The van der Waals surface area contributed by atoms with E-state index in [1.54, 1.807) is 19.3 Å². The molecule has 1 N–H and O–H groups in total. The smallest absolute Gasteiger partial charge is 0.105 e. The van der Waals surface area contributed by atoms with Gasteiger partial charge in [0.2, 0.25) is 0 Å². The van der Waals surface area contributed by atoms with Crippen LogP contribution in [0.25, 0.3) is 0 Å². The Bertz CT molecular complexity index is 258. The van der Waals surface area contributed by atoms with Crippen LogP contribution in [0.1, 0.15) is 6.92 Å².